The highest BCUT2D eigenvalue weighted by Gasteiger charge is 2.14. The van der Waals surface area contributed by atoms with Gasteiger partial charge in [-0.05, 0) is 42.8 Å². The van der Waals surface area contributed by atoms with Gasteiger partial charge in [-0.3, -0.25) is 0 Å². The van der Waals surface area contributed by atoms with Crippen LogP contribution in [0, 0.1) is 6.92 Å². The van der Waals surface area contributed by atoms with E-state index in [0.717, 1.165) is 28.5 Å². The van der Waals surface area contributed by atoms with E-state index in [-0.39, 0.29) is 0 Å². The maximum Gasteiger partial charge on any atom is 0.146 e. The molecule has 0 aromatic heterocycles. The zero-order chi connectivity index (χ0) is 14.1. The number of halogens is 1. The molecule has 1 heterocycles. The number of rotatable bonds is 1. The van der Waals surface area contributed by atoms with Crippen LogP contribution in [0.3, 0.4) is 0 Å². The van der Waals surface area contributed by atoms with E-state index in [1.807, 2.05) is 37.3 Å². The Morgan fingerprint density at radius 3 is 2.90 bits per heavy atom. The fraction of sp³-hybridized carbons (Fsp3) is 0.133. The van der Waals surface area contributed by atoms with Crippen LogP contribution in [0.15, 0.2) is 41.4 Å². The van der Waals surface area contributed by atoms with Gasteiger partial charge in [-0.15, -0.1) is 0 Å². The van der Waals surface area contributed by atoms with Crippen molar-refractivity contribution in [2.45, 2.75) is 6.92 Å². The standard InChI is InChI=1S/C15H14ClN3O/c1-9-6-10(16)2-4-12(9)18-15-8-20-14-7-11(17)3-5-13(14)19-15/h2-7H,8,17H2,1H3,(H,18,19). The van der Waals surface area contributed by atoms with Gasteiger partial charge in [-0.1, -0.05) is 11.6 Å². The number of hydrogen-bond donors (Lipinski definition) is 2. The number of nitrogens with one attached hydrogen (secondary N) is 1. The molecule has 0 spiro atoms. The van der Waals surface area contributed by atoms with Crippen LogP contribution in [0.1, 0.15) is 5.56 Å². The Labute approximate surface area is 122 Å². The maximum absolute atomic E-state index is 5.94. The molecule has 0 saturated heterocycles. The molecule has 5 heteroatoms. The zero-order valence-corrected chi connectivity index (χ0v) is 11.7. The summed E-state index contributed by atoms with van der Waals surface area (Å²) in [5.41, 5.74) is 9.17. The van der Waals surface area contributed by atoms with Crippen LogP contribution < -0.4 is 15.8 Å². The van der Waals surface area contributed by atoms with E-state index in [9.17, 15) is 0 Å². The number of nitrogens with zero attached hydrogens (tertiary/aromatic N) is 1. The molecule has 3 rings (SSSR count). The lowest BCUT2D eigenvalue weighted by atomic mass is 10.2. The Balaban J connectivity index is 1.89. The summed E-state index contributed by atoms with van der Waals surface area (Å²) in [6.45, 7) is 2.36. The number of hydrogen-bond acceptors (Lipinski definition) is 3. The molecular formula is C15H14ClN3O. The minimum absolute atomic E-state index is 0.387. The first kappa shape index (κ1) is 12.8. The normalized spacial score (nSPS) is 15.4. The predicted molar refractivity (Wildman–Crippen MR) is 83.3 cm³/mol. The first-order valence-corrected chi connectivity index (χ1v) is 6.63. The van der Waals surface area contributed by atoms with Crippen molar-refractivity contribution in [2.24, 2.45) is 4.99 Å². The summed E-state index contributed by atoms with van der Waals surface area (Å²) in [5, 5.41) is 3.96. The van der Waals surface area contributed by atoms with Crippen molar-refractivity contribution >= 4 is 34.5 Å². The van der Waals surface area contributed by atoms with Gasteiger partial charge >= 0.3 is 0 Å². The van der Waals surface area contributed by atoms with Crippen molar-refractivity contribution in [3.63, 3.8) is 0 Å². The van der Waals surface area contributed by atoms with E-state index in [0.29, 0.717) is 17.3 Å². The Morgan fingerprint density at radius 1 is 1.25 bits per heavy atom. The fourth-order valence-electron chi connectivity index (χ4n) is 2.05. The smallest absolute Gasteiger partial charge is 0.146 e. The van der Waals surface area contributed by atoms with Gasteiger partial charge in [0.15, 0.2) is 0 Å². The van der Waals surface area contributed by atoms with Crippen molar-refractivity contribution in [1.29, 1.82) is 0 Å². The van der Waals surface area contributed by atoms with Gasteiger partial charge in [0.1, 0.15) is 18.2 Å². The number of anilines is 2. The Kier molecular flexibility index (Phi) is 3.24. The van der Waals surface area contributed by atoms with Gasteiger partial charge in [0, 0.05) is 16.8 Å². The number of aliphatic imine (C=N–C) groups is 1. The van der Waals surface area contributed by atoms with Crippen LogP contribution in [0.25, 0.3) is 0 Å². The highest BCUT2D eigenvalue weighted by Crippen LogP contribution is 2.30. The molecule has 0 bridgehead atoms. The molecule has 3 N–H and O–H groups in total. The lowest BCUT2D eigenvalue weighted by Gasteiger charge is -2.21. The highest BCUT2D eigenvalue weighted by atomic mass is 35.5. The first-order valence-electron chi connectivity index (χ1n) is 6.25. The molecule has 1 aliphatic rings. The van der Waals surface area contributed by atoms with Crippen molar-refractivity contribution < 1.29 is 4.74 Å². The maximum atomic E-state index is 5.94. The van der Waals surface area contributed by atoms with E-state index < -0.39 is 0 Å². The average Bonchev–Trinajstić information content (AvgIpc) is 2.42. The molecule has 102 valence electrons. The van der Waals surface area contributed by atoms with Gasteiger partial charge in [0.2, 0.25) is 0 Å². The van der Waals surface area contributed by atoms with Crippen LogP contribution in [0.2, 0.25) is 5.02 Å². The first-order chi connectivity index (χ1) is 9.61. The number of aryl methyl sites for hydroxylation is 1. The molecule has 0 saturated carbocycles. The van der Waals surface area contributed by atoms with Crippen molar-refractivity contribution in [2.75, 3.05) is 17.7 Å². The van der Waals surface area contributed by atoms with E-state index in [4.69, 9.17) is 22.1 Å². The molecule has 2 aromatic rings. The molecule has 0 amide bonds. The number of benzene rings is 2. The van der Waals surface area contributed by atoms with Crippen LogP contribution in [0.5, 0.6) is 5.75 Å². The fourth-order valence-corrected chi connectivity index (χ4v) is 2.28. The monoisotopic (exact) mass is 287 g/mol. The molecule has 2 aromatic carbocycles. The second-order valence-corrected chi connectivity index (χ2v) is 5.10. The molecule has 0 fully saturated rings. The van der Waals surface area contributed by atoms with Crippen molar-refractivity contribution in [3.05, 3.63) is 47.0 Å². The molecular weight excluding hydrogens is 274 g/mol. The number of ether oxygens (including phenoxy) is 1. The molecule has 0 atom stereocenters. The van der Waals surface area contributed by atoms with Crippen LogP contribution in [-0.4, -0.2) is 12.4 Å². The summed E-state index contributed by atoms with van der Waals surface area (Å²) in [6.07, 6.45) is 0. The van der Waals surface area contributed by atoms with Crippen molar-refractivity contribution in [1.82, 2.24) is 0 Å². The van der Waals surface area contributed by atoms with E-state index in [1.54, 1.807) is 6.07 Å². The second kappa shape index (κ2) is 5.06. The lowest BCUT2D eigenvalue weighted by molar-refractivity contribution is 0.372. The number of nitrogens with two attached hydrogens (primary N) is 1. The number of nitrogen functional groups attached to an aromatic ring is 1. The summed E-state index contributed by atoms with van der Waals surface area (Å²) in [7, 11) is 0. The van der Waals surface area contributed by atoms with Gasteiger partial charge in [0.25, 0.3) is 0 Å². The average molecular weight is 288 g/mol. The summed E-state index contributed by atoms with van der Waals surface area (Å²) in [4.78, 5) is 4.57. The Hall–Kier alpha value is -2.20. The number of amidine groups is 1. The van der Waals surface area contributed by atoms with Crippen LogP contribution in [-0.2, 0) is 0 Å². The van der Waals surface area contributed by atoms with Crippen LogP contribution >= 0.6 is 11.6 Å². The predicted octanol–water partition coefficient (Wildman–Crippen LogP) is 3.77. The van der Waals surface area contributed by atoms with E-state index in [1.165, 1.54) is 0 Å². The largest absolute Gasteiger partial charge is 0.483 e. The molecule has 20 heavy (non-hydrogen) atoms. The third-order valence-electron chi connectivity index (χ3n) is 3.06. The summed E-state index contributed by atoms with van der Waals surface area (Å²) >= 11 is 5.94. The molecule has 0 aliphatic carbocycles. The Morgan fingerprint density at radius 2 is 2.10 bits per heavy atom. The van der Waals surface area contributed by atoms with E-state index in [2.05, 4.69) is 10.3 Å². The van der Waals surface area contributed by atoms with Gasteiger partial charge in [-0.2, -0.15) is 0 Å². The summed E-state index contributed by atoms with van der Waals surface area (Å²) in [6, 6.07) is 11.1. The second-order valence-electron chi connectivity index (χ2n) is 4.66. The third kappa shape index (κ3) is 2.56. The molecule has 1 aliphatic heterocycles. The Bertz CT molecular complexity index is 698. The van der Waals surface area contributed by atoms with E-state index >= 15 is 0 Å². The topological polar surface area (TPSA) is 59.6 Å². The minimum atomic E-state index is 0.387. The summed E-state index contributed by atoms with van der Waals surface area (Å²) < 4.78 is 5.65. The van der Waals surface area contributed by atoms with Gasteiger partial charge in [0.05, 0.1) is 11.4 Å². The lowest BCUT2D eigenvalue weighted by Crippen LogP contribution is -2.25. The SMILES string of the molecule is Cc1cc(Cl)ccc1N=C1COc2cc(N)ccc2N1. The quantitative estimate of drug-likeness (QED) is 0.785. The van der Waals surface area contributed by atoms with Gasteiger partial charge < -0.3 is 15.8 Å². The number of fused-ring (bicyclic) bond motifs is 1. The van der Waals surface area contributed by atoms with Gasteiger partial charge in [-0.25, -0.2) is 4.99 Å². The zero-order valence-electron chi connectivity index (χ0n) is 11.0. The van der Waals surface area contributed by atoms with Crippen molar-refractivity contribution in [3.8, 4) is 5.75 Å². The third-order valence-corrected chi connectivity index (χ3v) is 3.30. The minimum Gasteiger partial charge on any atom is -0.483 e. The highest BCUT2D eigenvalue weighted by molar-refractivity contribution is 6.30. The van der Waals surface area contributed by atoms with Crippen LogP contribution in [0.4, 0.5) is 17.1 Å². The molecule has 0 unspecified atom stereocenters. The summed E-state index contributed by atoms with van der Waals surface area (Å²) in [5.74, 6) is 1.50. The molecule has 0 radical (unpaired) electrons. The molecule has 4 nitrogen and oxygen atoms in total.